The zero-order valence-electron chi connectivity index (χ0n) is 12.7. The van der Waals surface area contributed by atoms with Crippen LogP contribution in [-0.4, -0.2) is 9.97 Å². The predicted octanol–water partition coefficient (Wildman–Crippen LogP) is 4.10. The van der Waals surface area contributed by atoms with E-state index in [1.807, 2.05) is 13.0 Å². The van der Waals surface area contributed by atoms with E-state index in [0.717, 1.165) is 47.3 Å². The van der Waals surface area contributed by atoms with E-state index in [1.54, 1.807) is 17.7 Å². The van der Waals surface area contributed by atoms with E-state index in [1.165, 1.54) is 5.57 Å². The van der Waals surface area contributed by atoms with Gasteiger partial charge in [-0.25, -0.2) is 9.97 Å². The first kappa shape index (κ1) is 15.0. The lowest BCUT2D eigenvalue weighted by molar-refractivity contribution is 0.320. The van der Waals surface area contributed by atoms with Crippen molar-refractivity contribution in [1.29, 1.82) is 5.26 Å². The average molecular weight is 312 g/mol. The Morgan fingerprint density at radius 2 is 2.14 bits per heavy atom. The van der Waals surface area contributed by atoms with Crippen LogP contribution >= 0.6 is 11.3 Å². The van der Waals surface area contributed by atoms with Gasteiger partial charge < -0.3 is 5.73 Å². The van der Waals surface area contributed by atoms with E-state index in [2.05, 4.69) is 21.4 Å². The zero-order valence-corrected chi connectivity index (χ0v) is 13.6. The number of fused-ring (bicyclic) bond motifs is 1. The molecule has 4 nitrogen and oxygen atoms in total. The fraction of sp³-hybridized carbons (Fsp3) is 0.471. The molecule has 2 heterocycles. The van der Waals surface area contributed by atoms with Gasteiger partial charge in [-0.2, -0.15) is 5.26 Å². The van der Waals surface area contributed by atoms with Crippen molar-refractivity contribution >= 4 is 27.1 Å². The summed E-state index contributed by atoms with van der Waals surface area (Å²) in [6.07, 6.45) is 6.70. The lowest BCUT2D eigenvalue weighted by atomic mass is 9.76. The number of allylic oxidation sites excluding steroid dienone is 2. The van der Waals surface area contributed by atoms with Crippen molar-refractivity contribution in [2.75, 3.05) is 0 Å². The monoisotopic (exact) mass is 312 g/mol. The largest absolute Gasteiger partial charge is 0.402 e. The number of thiophene rings is 1. The number of aromatic nitrogens is 2. The third-order valence-corrected chi connectivity index (χ3v) is 5.47. The van der Waals surface area contributed by atoms with Gasteiger partial charge in [0.15, 0.2) is 0 Å². The number of hydrogen-bond donors (Lipinski definition) is 1. The molecule has 5 heteroatoms. The first-order valence-corrected chi connectivity index (χ1v) is 8.60. The molecule has 1 aliphatic rings. The molecule has 1 fully saturated rings. The average Bonchev–Trinajstić information content (AvgIpc) is 2.98. The maximum absolute atomic E-state index is 8.86. The molecule has 0 aliphatic heterocycles. The van der Waals surface area contributed by atoms with Crippen molar-refractivity contribution in [2.45, 2.75) is 39.0 Å². The maximum atomic E-state index is 8.86. The molecule has 0 unspecified atom stereocenters. The Bertz CT molecular complexity index is 728. The number of nitrogens with zero attached hydrogens (tertiary/aromatic N) is 3. The van der Waals surface area contributed by atoms with Gasteiger partial charge in [-0.3, -0.25) is 0 Å². The zero-order chi connectivity index (χ0) is 15.5. The van der Waals surface area contributed by atoms with E-state index >= 15 is 0 Å². The highest BCUT2D eigenvalue weighted by atomic mass is 32.1. The number of nitrogens with two attached hydrogens (primary N) is 1. The van der Waals surface area contributed by atoms with Crippen LogP contribution in [0.3, 0.4) is 0 Å². The Hall–Kier alpha value is -1.93. The summed E-state index contributed by atoms with van der Waals surface area (Å²) >= 11 is 1.67. The molecule has 22 heavy (non-hydrogen) atoms. The molecule has 2 aromatic rings. The van der Waals surface area contributed by atoms with Gasteiger partial charge in [-0.05, 0) is 55.9 Å². The topological polar surface area (TPSA) is 75.6 Å². The third kappa shape index (κ3) is 2.84. The number of rotatable bonds is 3. The van der Waals surface area contributed by atoms with Crippen LogP contribution in [0.4, 0.5) is 0 Å². The third-order valence-electron chi connectivity index (χ3n) is 4.56. The minimum Gasteiger partial charge on any atom is -0.402 e. The molecule has 0 atom stereocenters. The van der Waals surface area contributed by atoms with Crippen LogP contribution in [0.15, 0.2) is 23.5 Å². The Labute approximate surface area is 134 Å². The second-order valence-corrected chi connectivity index (χ2v) is 6.95. The smallest absolute Gasteiger partial charge is 0.116 e. The SMILES string of the molecule is C/C(N)=C(\c1ncnc2ccsc12)C1CCC(CC#N)CC1. The van der Waals surface area contributed by atoms with Crippen molar-refractivity contribution in [3.63, 3.8) is 0 Å². The van der Waals surface area contributed by atoms with E-state index in [-0.39, 0.29) is 0 Å². The van der Waals surface area contributed by atoms with Crippen molar-refractivity contribution in [2.24, 2.45) is 17.6 Å². The summed E-state index contributed by atoms with van der Waals surface area (Å²) in [6.45, 7) is 1.97. The van der Waals surface area contributed by atoms with E-state index < -0.39 is 0 Å². The van der Waals surface area contributed by atoms with Gasteiger partial charge in [-0.1, -0.05) is 0 Å². The Balaban J connectivity index is 1.91. The van der Waals surface area contributed by atoms with E-state index in [9.17, 15) is 0 Å². The lowest BCUT2D eigenvalue weighted by Gasteiger charge is -2.29. The second kappa shape index (κ2) is 6.45. The summed E-state index contributed by atoms with van der Waals surface area (Å²) in [5.41, 5.74) is 10.3. The first-order chi connectivity index (χ1) is 10.7. The van der Waals surface area contributed by atoms with Gasteiger partial charge >= 0.3 is 0 Å². The summed E-state index contributed by atoms with van der Waals surface area (Å²) < 4.78 is 1.13. The molecule has 1 aliphatic carbocycles. The second-order valence-electron chi connectivity index (χ2n) is 6.03. The van der Waals surface area contributed by atoms with Crippen LogP contribution < -0.4 is 5.73 Å². The number of nitriles is 1. The molecule has 0 saturated heterocycles. The van der Waals surface area contributed by atoms with Gasteiger partial charge in [0.1, 0.15) is 6.33 Å². The van der Waals surface area contributed by atoms with Crippen molar-refractivity contribution in [1.82, 2.24) is 9.97 Å². The standard InChI is InChI=1S/C17H20N4S/c1-11(19)15(13-4-2-12(3-5-13)6-8-18)16-17-14(7-9-22-17)20-10-21-16/h7,9-10,12-13H,2-6,19H2,1H3/b15-11+. The molecule has 0 amide bonds. The molecule has 0 radical (unpaired) electrons. The van der Waals surface area contributed by atoms with E-state index in [0.29, 0.717) is 18.3 Å². The summed E-state index contributed by atoms with van der Waals surface area (Å²) in [7, 11) is 0. The highest BCUT2D eigenvalue weighted by molar-refractivity contribution is 7.17. The highest BCUT2D eigenvalue weighted by Gasteiger charge is 2.27. The summed E-state index contributed by atoms with van der Waals surface area (Å²) in [4.78, 5) is 8.87. The molecule has 0 aromatic carbocycles. The number of hydrogen-bond acceptors (Lipinski definition) is 5. The molecular weight excluding hydrogens is 292 g/mol. The summed E-state index contributed by atoms with van der Waals surface area (Å²) in [5, 5.41) is 10.9. The molecule has 0 bridgehead atoms. The minimum absolute atomic E-state index is 0.445. The molecular formula is C17H20N4S. The maximum Gasteiger partial charge on any atom is 0.116 e. The van der Waals surface area contributed by atoms with Gasteiger partial charge in [0, 0.05) is 17.7 Å². The molecule has 2 aromatic heterocycles. The van der Waals surface area contributed by atoms with Crippen LogP contribution in [0.25, 0.3) is 15.8 Å². The Kier molecular flexibility index (Phi) is 4.39. The van der Waals surface area contributed by atoms with Gasteiger partial charge in [0.05, 0.1) is 22.0 Å². The molecule has 0 spiro atoms. The van der Waals surface area contributed by atoms with Gasteiger partial charge in [0.2, 0.25) is 0 Å². The quantitative estimate of drug-likeness (QED) is 0.925. The van der Waals surface area contributed by atoms with Crippen molar-refractivity contribution < 1.29 is 0 Å². The Morgan fingerprint density at radius 1 is 1.36 bits per heavy atom. The fourth-order valence-corrected chi connectivity index (χ4v) is 4.32. The minimum atomic E-state index is 0.445. The molecule has 114 valence electrons. The molecule has 3 rings (SSSR count). The van der Waals surface area contributed by atoms with E-state index in [4.69, 9.17) is 11.0 Å². The van der Waals surface area contributed by atoms with Gasteiger partial charge in [0.25, 0.3) is 0 Å². The van der Waals surface area contributed by atoms with Crippen LogP contribution in [0, 0.1) is 23.2 Å². The van der Waals surface area contributed by atoms with Crippen LogP contribution in [0.2, 0.25) is 0 Å². The van der Waals surface area contributed by atoms with Crippen LogP contribution in [-0.2, 0) is 0 Å². The van der Waals surface area contributed by atoms with Crippen molar-refractivity contribution in [3.8, 4) is 6.07 Å². The molecule has 1 saturated carbocycles. The van der Waals surface area contributed by atoms with Crippen LogP contribution in [0.5, 0.6) is 0 Å². The lowest BCUT2D eigenvalue weighted by Crippen LogP contribution is -2.18. The molecule has 2 N–H and O–H groups in total. The van der Waals surface area contributed by atoms with Crippen molar-refractivity contribution in [3.05, 3.63) is 29.2 Å². The summed E-state index contributed by atoms with van der Waals surface area (Å²) in [5.74, 6) is 0.993. The first-order valence-electron chi connectivity index (χ1n) is 7.72. The van der Waals surface area contributed by atoms with Crippen LogP contribution in [0.1, 0.15) is 44.7 Å². The normalized spacial score (nSPS) is 23.1. The predicted molar refractivity (Wildman–Crippen MR) is 89.9 cm³/mol. The fourth-order valence-electron chi connectivity index (χ4n) is 3.47. The Morgan fingerprint density at radius 3 is 2.82 bits per heavy atom. The highest BCUT2D eigenvalue weighted by Crippen LogP contribution is 2.41. The summed E-state index contributed by atoms with van der Waals surface area (Å²) in [6, 6.07) is 4.33. The van der Waals surface area contributed by atoms with Gasteiger partial charge in [-0.15, -0.1) is 11.3 Å².